The Bertz CT molecular complexity index is 476. The first kappa shape index (κ1) is 14.7. The van der Waals surface area contributed by atoms with Crippen LogP contribution in [0.4, 0.5) is 5.69 Å². The first-order chi connectivity index (χ1) is 9.63. The lowest BCUT2D eigenvalue weighted by molar-refractivity contribution is 0.0926. The van der Waals surface area contributed by atoms with E-state index in [0.717, 1.165) is 13.0 Å². The molecule has 5 nitrogen and oxygen atoms in total. The summed E-state index contributed by atoms with van der Waals surface area (Å²) in [4.78, 5) is 14.6. The molecule has 1 saturated heterocycles. The van der Waals surface area contributed by atoms with Crippen LogP contribution in [0.15, 0.2) is 18.2 Å². The smallest absolute Gasteiger partial charge is 0.257 e. The molecule has 2 rings (SSSR count). The molecule has 5 heteroatoms. The Morgan fingerprint density at radius 3 is 3.00 bits per heavy atom. The number of likely N-dealkylation sites (tertiary alicyclic amines) is 1. The molecular weight excluding hydrogens is 254 g/mol. The van der Waals surface area contributed by atoms with Gasteiger partial charge in [0.1, 0.15) is 11.3 Å². The number of likely N-dealkylation sites (N-methyl/N-ethyl adjacent to an activating group) is 1. The number of nitrogens with one attached hydrogen (secondary N) is 1. The van der Waals surface area contributed by atoms with Gasteiger partial charge in [0.25, 0.3) is 5.91 Å². The standard InChI is InChI=1S/C15H23N3O2/c1-18-9-4-3-6-11(18)10-17-15(19)14-12(16)7-5-8-13(14)20-2/h5,7-8,11H,3-4,6,9-10,16H2,1-2H3,(H,17,19). The number of nitrogens with zero attached hydrogens (tertiary/aromatic N) is 1. The van der Waals surface area contributed by atoms with Crippen LogP contribution in [0.1, 0.15) is 29.6 Å². The number of hydrogen-bond acceptors (Lipinski definition) is 4. The van der Waals surface area contributed by atoms with Crippen LogP contribution in [0, 0.1) is 0 Å². The SMILES string of the molecule is COc1cccc(N)c1C(=O)NCC1CCCCN1C. The second-order valence-electron chi connectivity index (χ2n) is 5.26. The number of methoxy groups -OCH3 is 1. The summed E-state index contributed by atoms with van der Waals surface area (Å²) in [7, 11) is 3.65. The van der Waals surface area contributed by atoms with Gasteiger partial charge in [-0.2, -0.15) is 0 Å². The molecular formula is C15H23N3O2. The number of carbonyl (C=O) groups excluding carboxylic acids is 1. The molecule has 0 aromatic heterocycles. The van der Waals surface area contributed by atoms with Gasteiger partial charge >= 0.3 is 0 Å². The Labute approximate surface area is 120 Å². The van der Waals surface area contributed by atoms with Crippen molar-refractivity contribution in [3.05, 3.63) is 23.8 Å². The summed E-state index contributed by atoms with van der Waals surface area (Å²) in [6, 6.07) is 5.64. The number of carbonyl (C=O) groups is 1. The van der Waals surface area contributed by atoms with Crippen molar-refractivity contribution in [3.63, 3.8) is 0 Å². The molecule has 20 heavy (non-hydrogen) atoms. The molecule has 0 spiro atoms. The Morgan fingerprint density at radius 2 is 2.30 bits per heavy atom. The number of hydrogen-bond donors (Lipinski definition) is 2. The van der Waals surface area contributed by atoms with E-state index in [4.69, 9.17) is 10.5 Å². The van der Waals surface area contributed by atoms with E-state index in [2.05, 4.69) is 17.3 Å². The maximum atomic E-state index is 12.3. The minimum absolute atomic E-state index is 0.168. The maximum absolute atomic E-state index is 12.3. The van der Waals surface area contributed by atoms with Crippen molar-refractivity contribution >= 4 is 11.6 Å². The molecule has 0 radical (unpaired) electrons. The molecule has 110 valence electrons. The summed E-state index contributed by atoms with van der Waals surface area (Å²) in [6.07, 6.45) is 3.58. The van der Waals surface area contributed by atoms with E-state index in [1.807, 2.05) is 0 Å². The van der Waals surface area contributed by atoms with E-state index in [1.165, 1.54) is 12.8 Å². The van der Waals surface area contributed by atoms with Gasteiger partial charge in [-0.1, -0.05) is 12.5 Å². The number of amides is 1. The van der Waals surface area contributed by atoms with Crippen LogP contribution in [0.3, 0.4) is 0 Å². The molecule has 3 N–H and O–H groups in total. The normalized spacial score (nSPS) is 19.6. The number of nitrogens with two attached hydrogens (primary N) is 1. The van der Waals surface area contributed by atoms with E-state index in [-0.39, 0.29) is 5.91 Å². The highest BCUT2D eigenvalue weighted by atomic mass is 16.5. The largest absolute Gasteiger partial charge is 0.496 e. The summed E-state index contributed by atoms with van der Waals surface area (Å²) in [5.41, 5.74) is 6.75. The highest BCUT2D eigenvalue weighted by Crippen LogP contribution is 2.24. The van der Waals surface area contributed by atoms with Crippen LogP contribution in [0.25, 0.3) is 0 Å². The topological polar surface area (TPSA) is 67.6 Å². The summed E-state index contributed by atoms with van der Waals surface area (Å²) >= 11 is 0. The van der Waals surface area contributed by atoms with E-state index in [1.54, 1.807) is 25.3 Å². The highest BCUT2D eigenvalue weighted by molar-refractivity contribution is 6.01. The lowest BCUT2D eigenvalue weighted by Gasteiger charge is -2.32. The van der Waals surface area contributed by atoms with Crippen molar-refractivity contribution in [1.82, 2.24) is 10.2 Å². The average Bonchev–Trinajstić information content (AvgIpc) is 2.45. The molecule has 0 aliphatic carbocycles. The van der Waals surface area contributed by atoms with Crippen molar-refractivity contribution < 1.29 is 9.53 Å². The molecule has 0 saturated carbocycles. The molecule has 1 fully saturated rings. The summed E-state index contributed by atoms with van der Waals surface area (Å²) in [6.45, 7) is 1.74. The molecule has 1 atom stereocenters. The molecule has 1 aromatic carbocycles. The average molecular weight is 277 g/mol. The monoisotopic (exact) mass is 277 g/mol. The Morgan fingerprint density at radius 1 is 1.50 bits per heavy atom. The molecule has 1 aromatic rings. The third kappa shape index (κ3) is 3.22. The van der Waals surface area contributed by atoms with Gasteiger partial charge in [-0.15, -0.1) is 0 Å². The summed E-state index contributed by atoms with van der Waals surface area (Å²) < 4.78 is 5.21. The second kappa shape index (κ2) is 6.61. The number of ether oxygens (including phenoxy) is 1. The first-order valence-electron chi connectivity index (χ1n) is 7.04. The van der Waals surface area contributed by atoms with Crippen molar-refractivity contribution in [2.24, 2.45) is 0 Å². The van der Waals surface area contributed by atoms with Gasteiger partial charge < -0.3 is 20.7 Å². The zero-order valence-corrected chi connectivity index (χ0v) is 12.2. The maximum Gasteiger partial charge on any atom is 0.257 e. The van der Waals surface area contributed by atoms with Crippen LogP contribution < -0.4 is 15.8 Å². The Kier molecular flexibility index (Phi) is 4.84. The van der Waals surface area contributed by atoms with Gasteiger partial charge in [-0.3, -0.25) is 4.79 Å². The van der Waals surface area contributed by atoms with Crippen molar-refractivity contribution in [1.29, 1.82) is 0 Å². The van der Waals surface area contributed by atoms with E-state index in [9.17, 15) is 4.79 Å². The van der Waals surface area contributed by atoms with Crippen molar-refractivity contribution in [3.8, 4) is 5.75 Å². The van der Waals surface area contributed by atoms with E-state index in [0.29, 0.717) is 29.6 Å². The third-order valence-electron chi connectivity index (χ3n) is 3.93. The van der Waals surface area contributed by atoms with Crippen molar-refractivity contribution in [2.45, 2.75) is 25.3 Å². The molecule has 1 heterocycles. The second-order valence-corrected chi connectivity index (χ2v) is 5.26. The van der Waals surface area contributed by atoms with Crippen LogP contribution in [0.2, 0.25) is 0 Å². The number of nitrogen functional groups attached to an aromatic ring is 1. The van der Waals surface area contributed by atoms with Gasteiger partial charge in [-0.25, -0.2) is 0 Å². The zero-order chi connectivity index (χ0) is 14.5. The highest BCUT2D eigenvalue weighted by Gasteiger charge is 2.21. The summed E-state index contributed by atoms with van der Waals surface area (Å²) in [5.74, 6) is 0.346. The molecule has 1 aliphatic rings. The Balaban J connectivity index is 2.01. The predicted molar refractivity (Wildman–Crippen MR) is 80.0 cm³/mol. The van der Waals surface area contributed by atoms with E-state index < -0.39 is 0 Å². The molecule has 1 amide bonds. The van der Waals surface area contributed by atoms with Gasteiger partial charge in [0.15, 0.2) is 0 Å². The molecule has 1 aliphatic heterocycles. The number of benzene rings is 1. The minimum Gasteiger partial charge on any atom is -0.496 e. The predicted octanol–water partition coefficient (Wildman–Crippen LogP) is 1.49. The van der Waals surface area contributed by atoms with Gasteiger partial charge in [0.05, 0.1) is 7.11 Å². The number of piperidine rings is 1. The fourth-order valence-corrected chi connectivity index (χ4v) is 2.66. The van der Waals surface area contributed by atoms with Gasteiger partial charge in [0.2, 0.25) is 0 Å². The van der Waals surface area contributed by atoms with Crippen LogP contribution in [-0.2, 0) is 0 Å². The van der Waals surface area contributed by atoms with Crippen LogP contribution in [0.5, 0.6) is 5.75 Å². The number of rotatable bonds is 4. The van der Waals surface area contributed by atoms with Crippen LogP contribution >= 0.6 is 0 Å². The fraction of sp³-hybridized carbons (Fsp3) is 0.533. The third-order valence-corrected chi connectivity index (χ3v) is 3.93. The lowest BCUT2D eigenvalue weighted by atomic mass is 10.0. The Hall–Kier alpha value is -1.75. The van der Waals surface area contributed by atoms with Crippen LogP contribution in [-0.4, -0.2) is 44.1 Å². The number of anilines is 1. The molecule has 0 bridgehead atoms. The van der Waals surface area contributed by atoms with E-state index >= 15 is 0 Å². The van der Waals surface area contributed by atoms with Gasteiger partial charge in [-0.05, 0) is 38.6 Å². The fourth-order valence-electron chi connectivity index (χ4n) is 2.66. The van der Waals surface area contributed by atoms with Gasteiger partial charge in [0, 0.05) is 18.3 Å². The zero-order valence-electron chi connectivity index (χ0n) is 12.2. The van der Waals surface area contributed by atoms with Crippen molar-refractivity contribution in [2.75, 3.05) is 33.0 Å². The lowest BCUT2D eigenvalue weighted by Crippen LogP contribution is -2.44. The molecule has 1 unspecified atom stereocenters. The first-order valence-corrected chi connectivity index (χ1v) is 7.04. The quantitative estimate of drug-likeness (QED) is 0.818. The minimum atomic E-state index is -0.168. The summed E-state index contributed by atoms with van der Waals surface area (Å²) in [5, 5.41) is 2.97.